The molecule has 0 aliphatic rings. The van der Waals surface area contributed by atoms with Gasteiger partial charge in [-0.3, -0.25) is 24.8 Å². The number of amides is 2. The molecule has 0 unspecified atom stereocenters. The number of aromatic nitrogens is 2. The molecule has 9 nitrogen and oxygen atoms in total. The monoisotopic (exact) mass is 427 g/mol. The Kier molecular flexibility index (Phi) is 5.71. The molecule has 0 saturated heterocycles. The van der Waals surface area contributed by atoms with Crippen molar-refractivity contribution < 1.29 is 14.5 Å². The molecule has 0 aliphatic heterocycles. The van der Waals surface area contributed by atoms with E-state index in [0.29, 0.717) is 16.8 Å². The highest BCUT2D eigenvalue weighted by Crippen LogP contribution is 2.18. The van der Waals surface area contributed by atoms with E-state index < -0.39 is 16.7 Å². The average Bonchev–Trinajstić information content (AvgIpc) is 3.27. The Balaban J connectivity index is 1.62. The summed E-state index contributed by atoms with van der Waals surface area (Å²) in [4.78, 5) is 36.0. The number of fused-ring (bicyclic) bond motifs is 1. The van der Waals surface area contributed by atoms with Crippen LogP contribution >= 0.6 is 0 Å². The number of non-ortho nitro benzene ring substituents is 1. The smallest absolute Gasteiger partial charge is 0.272 e. The van der Waals surface area contributed by atoms with Crippen LogP contribution in [0.25, 0.3) is 17.0 Å². The summed E-state index contributed by atoms with van der Waals surface area (Å²) in [5.74, 6) is -1.00. The third kappa shape index (κ3) is 4.68. The topological polar surface area (TPSA) is 130 Å². The van der Waals surface area contributed by atoms with Gasteiger partial charge in [-0.05, 0) is 54.1 Å². The molecule has 0 saturated carbocycles. The van der Waals surface area contributed by atoms with Crippen LogP contribution in [0, 0.1) is 10.1 Å². The lowest BCUT2D eigenvalue weighted by Crippen LogP contribution is -2.30. The Bertz CT molecular complexity index is 1330. The Hall–Kier alpha value is -4.79. The quantitative estimate of drug-likeness (QED) is 0.244. The van der Waals surface area contributed by atoms with E-state index in [1.807, 2.05) is 0 Å². The van der Waals surface area contributed by atoms with Gasteiger partial charge in [-0.15, -0.1) is 0 Å². The van der Waals surface area contributed by atoms with E-state index >= 15 is 0 Å². The molecule has 1 heterocycles. The lowest BCUT2D eigenvalue weighted by Gasteiger charge is -2.11. The maximum atomic E-state index is 13.0. The third-order valence-electron chi connectivity index (χ3n) is 4.64. The Morgan fingerprint density at radius 2 is 1.75 bits per heavy atom. The fourth-order valence-electron chi connectivity index (χ4n) is 3.02. The number of rotatable bonds is 6. The number of H-pyrrole nitrogens is 1. The first kappa shape index (κ1) is 20.5. The summed E-state index contributed by atoms with van der Waals surface area (Å²) in [5, 5.41) is 23.9. The molecule has 0 spiro atoms. The van der Waals surface area contributed by atoms with E-state index in [9.17, 15) is 19.7 Å². The van der Waals surface area contributed by atoms with Gasteiger partial charge < -0.3 is 10.6 Å². The first-order valence-electron chi connectivity index (χ1n) is 9.56. The highest BCUT2D eigenvalue weighted by Gasteiger charge is 2.16. The first-order chi connectivity index (χ1) is 15.5. The predicted octanol–water partition coefficient (Wildman–Crippen LogP) is 3.88. The first-order valence-corrected chi connectivity index (χ1v) is 9.56. The molecule has 0 radical (unpaired) electrons. The maximum Gasteiger partial charge on any atom is 0.272 e. The molecule has 158 valence electrons. The number of benzene rings is 3. The second kappa shape index (κ2) is 8.92. The van der Waals surface area contributed by atoms with Gasteiger partial charge in [-0.1, -0.05) is 18.2 Å². The van der Waals surface area contributed by atoms with Crippen molar-refractivity contribution in [3.63, 3.8) is 0 Å². The minimum Gasteiger partial charge on any atom is -0.321 e. The molecule has 1 aromatic heterocycles. The summed E-state index contributed by atoms with van der Waals surface area (Å²) in [5.41, 5.74) is 2.15. The molecule has 2 amide bonds. The number of carbonyl (C=O) groups excluding carboxylic acids is 2. The number of carbonyl (C=O) groups is 2. The molecule has 0 bridgehead atoms. The molecular weight excluding hydrogens is 410 g/mol. The second-order valence-electron chi connectivity index (χ2n) is 6.85. The summed E-state index contributed by atoms with van der Waals surface area (Å²) >= 11 is 0. The number of nitrogens with one attached hydrogen (secondary N) is 3. The number of aromatic amines is 1. The third-order valence-corrected chi connectivity index (χ3v) is 4.64. The number of anilines is 1. The lowest BCUT2D eigenvalue weighted by molar-refractivity contribution is -0.384. The van der Waals surface area contributed by atoms with E-state index in [1.54, 1.807) is 54.7 Å². The number of hydrogen-bond donors (Lipinski definition) is 3. The largest absolute Gasteiger partial charge is 0.321 e. The SMILES string of the molecule is O=C(Nc1ccc2[nH]ncc2c1)/C(=C/c1ccc([N+](=O)[O-])cc1)NC(=O)c1ccccc1. The highest BCUT2D eigenvalue weighted by molar-refractivity contribution is 6.11. The normalized spacial score (nSPS) is 11.2. The molecule has 0 aliphatic carbocycles. The Labute approximate surface area is 181 Å². The summed E-state index contributed by atoms with van der Waals surface area (Å²) in [7, 11) is 0. The van der Waals surface area contributed by atoms with Crippen molar-refractivity contribution >= 4 is 40.2 Å². The van der Waals surface area contributed by atoms with Crippen molar-refractivity contribution in [1.82, 2.24) is 15.5 Å². The molecular formula is C23H17N5O4. The van der Waals surface area contributed by atoms with Crippen LogP contribution in [0.2, 0.25) is 0 Å². The highest BCUT2D eigenvalue weighted by atomic mass is 16.6. The van der Waals surface area contributed by atoms with Crippen molar-refractivity contribution in [1.29, 1.82) is 0 Å². The Morgan fingerprint density at radius 1 is 1.00 bits per heavy atom. The zero-order valence-electron chi connectivity index (χ0n) is 16.6. The van der Waals surface area contributed by atoms with E-state index in [2.05, 4.69) is 20.8 Å². The fourth-order valence-corrected chi connectivity index (χ4v) is 3.02. The van der Waals surface area contributed by atoms with Crippen LogP contribution in [0.15, 0.2) is 84.7 Å². The maximum absolute atomic E-state index is 13.0. The number of nitro groups is 1. The fraction of sp³-hybridized carbons (Fsp3) is 0. The molecule has 32 heavy (non-hydrogen) atoms. The van der Waals surface area contributed by atoms with Crippen LogP contribution < -0.4 is 10.6 Å². The molecule has 0 fully saturated rings. The lowest BCUT2D eigenvalue weighted by atomic mass is 10.1. The number of nitro benzene ring substituents is 1. The van der Waals surface area contributed by atoms with Gasteiger partial charge >= 0.3 is 0 Å². The van der Waals surface area contributed by atoms with Crippen molar-refractivity contribution in [2.75, 3.05) is 5.32 Å². The van der Waals surface area contributed by atoms with Gasteiger partial charge in [0, 0.05) is 28.8 Å². The molecule has 9 heteroatoms. The van der Waals surface area contributed by atoms with Crippen molar-refractivity contribution in [2.45, 2.75) is 0 Å². The van der Waals surface area contributed by atoms with Crippen LogP contribution in [0.4, 0.5) is 11.4 Å². The van der Waals surface area contributed by atoms with Crippen molar-refractivity contribution in [3.8, 4) is 0 Å². The van der Waals surface area contributed by atoms with Crippen LogP contribution in [0.3, 0.4) is 0 Å². The van der Waals surface area contributed by atoms with Crippen molar-refractivity contribution in [2.24, 2.45) is 0 Å². The summed E-state index contributed by atoms with van der Waals surface area (Å²) in [6, 6.07) is 19.4. The van der Waals surface area contributed by atoms with E-state index in [4.69, 9.17) is 0 Å². The van der Waals surface area contributed by atoms with Gasteiger partial charge in [-0.25, -0.2) is 0 Å². The van der Waals surface area contributed by atoms with E-state index in [0.717, 1.165) is 10.9 Å². The van der Waals surface area contributed by atoms with Gasteiger partial charge in [-0.2, -0.15) is 5.10 Å². The molecule has 0 atom stereocenters. The average molecular weight is 427 g/mol. The Morgan fingerprint density at radius 3 is 2.47 bits per heavy atom. The van der Waals surface area contributed by atoms with Gasteiger partial charge in [0.15, 0.2) is 0 Å². The minimum atomic E-state index is -0.546. The van der Waals surface area contributed by atoms with Crippen LogP contribution in [-0.2, 0) is 4.79 Å². The van der Waals surface area contributed by atoms with Gasteiger partial charge in [0.1, 0.15) is 5.70 Å². The summed E-state index contributed by atoms with van der Waals surface area (Å²) in [6.07, 6.45) is 3.09. The zero-order chi connectivity index (χ0) is 22.5. The van der Waals surface area contributed by atoms with Gasteiger partial charge in [0.25, 0.3) is 17.5 Å². The van der Waals surface area contributed by atoms with Crippen LogP contribution in [-0.4, -0.2) is 26.9 Å². The van der Waals surface area contributed by atoms with Crippen LogP contribution in [0.1, 0.15) is 15.9 Å². The minimum absolute atomic E-state index is 0.0139. The standard InChI is InChI=1S/C23H17N5O4/c29-22(16-4-2-1-3-5-16)26-21(12-15-6-9-19(10-7-15)28(31)32)23(30)25-18-8-11-20-17(13-18)14-24-27-20/h1-14H,(H,24,27)(H,25,30)(H,26,29)/b21-12-. The van der Waals surface area contributed by atoms with Crippen molar-refractivity contribution in [3.05, 3.63) is 106 Å². The summed E-state index contributed by atoms with van der Waals surface area (Å²) in [6.45, 7) is 0. The number of nitrogens with zero attached hydrogens (tertiary/aromatic N) is 2. The van der Waals surface area contributed by atoms with Gasteiger partial charge in [0.05, 0.1) is 16.6 Å². The van der Waals surface area contributed by atoms with Gasteiger partial charge in [0.2, 0.25) is 0 Å². The van der Waals surface area contributed by atoms with Crippen LogP contribution in [0.5, 0.6) is 0 Å². The summed E-state index contributed by atoms with van der Waals surface area (Å²) < 4.78 is 0. The molecule has 4 aromatic rings. The molecule has 3 N–H and O–H groups in total. The second-order valence-corrected chi connectivity index (χ2v) is 6.85. The molecule has 4 rings (SSSR count). The predicted molar refractivity (Wildman–Crippen MR) is 120 cm³/mol. The molecule has 3 aromatic carbocycles. The van der Waals surface area contributed by atoms with E-state index in [-0.39, 0.29) is 11.4 Å². The zero-order valence-corrected chi connectivity index (χ0v) is 16.6. The number of hydrogen-bond acceptors (Lipinski definition) is 5. The van der Waals surface area contributed by atoms with E-state index in [1.165, 1.54) is 30.3 Å².